The maximum Gasteiger partial charge on any atom is 0.339 e. The summed E-state index contributed by atoms with van der Waals surface area (Å²) in [6.45, 7) is 0. The van der Waals surface area contributed by atoms with Crippen molar-refractivity contribution < 1.29 is 31.3 Å². The Labute approximate surface area is 176 Å². The third-order valence-corrected chi connectivity index (χ3v) is 6.25. The van der Waals surface area contributed by atoms with Crippen LogP contribution in [0.1, 0.15) is 11.7 Å². The lowest BCUT2D eigenvalue weighted by Crippen LogP contribution is -2.21. The van der Waals surface area contributed by atoms with Crippen LogP contribution in [0.4, 0.5) is 8.78 Å². The summed E-state index contributed by atoms with van der Waals surface area (Å²) < 4.78 is 57.5. The summed E-state index contributed by atoms with van der Waals surface area (Å²) in [5.74, 6) is -0.712. The van der Waals surface area contributed by atoms with Crippen molar-refractivity contribution in [2.75, 3.05) is 0 Å². The molecular formula is C21H16F2O5S2. The molecule has 30 heavy (non-hydrogen) atoms. The highest BCUT2D eigenvalue weighted by molar-refractivity contribution is 8.13. The normalized spacial score (nSPS) is 13.4. The maximum atomic E-state index is 14.4. The molecule has 3 aromatic carbocycles. The van der Waals surface area contributed by atoms with Crippen molar-refractivity contribution >= 4 is 27.0 Å². The standard InChI is InChI=1S/C21H16F2O5S2/c22-17-8-4-5-9-18(17)29-21(25)19(23)20(24)14-10-12-15(13-11-14)28-30(26,27)16-6-2-1-3-7-16/h1-13,19-20,24H/t19-,20-/m0/s1. The van der Waals surface area contributed by atoms with Gasteiger partial charge in [-0.3, -0.25) is 4.79 Å². The Bertz CT molecular complexity index is 1120. The third-order valence-electron chi connectivity index (χ3n) is 4.01. The molecule has 9 heteroatoms. The molecule has 0 saturated carbocycles. The van der Waals surface area contributed by atoms with Crippen LogP contribution in [0, 0.1) is 5.82 Å². The molecule has 0 amide bonds. The Morgan fingerprint density at radius 1 is 0.933 bits per heavy atom. The van der Waals surface area contributed by atoms with Crippen LogP contribution in [-0.4, -0.2) is 24.8 Å². The van der Waals surface area contributed by atoms with Crippen LogP contribution in [0.25, 0.3) is 0 Å². The average Bonchev–Trinajstić information content (AvgIpc) is 2.75. The quantitative estimate of drug-likeness (QED) is 0.427. The van der Waals surface area contributed by atoms with E-state index in [0.717, 1.165) is 6.07 Å². The summed E-state index contributed by atoms with van der Waals surface area (Å²) >= 11 is 0.357. The van der Waals surface area contributed by atoms with Gasteiger partial charge >= 0.3 is 10.1 Å². The molecule has 0 radical (unpaired) electrons. The van der Waals surface area contributed by atoms with Gasteiger partial charge in [0.2, 0.25) is 5.12 Å². The molecule has 0 saturated heterocycles. The number of aliphatic hydroxyl groups excluding tert-OH is 1. The van der Waals surface area contributed by atoms with Crippen molar-refractivity contribution in [3.63, 3.8) is 0 Å². The SMILES string of the molecule is O=C(Sc1ccccc1F)[C@@H](F)[C@@H](O)c1ccc(OS(=O)(=O)c2ccccc2)cc1. The fourth-order valence-electron chi connectivity index (χ4n) is 2.47. The van der Waals surface area contributed by atoms with Crippen molar-refractivity contribution in [2.24, 2.45) is 0 Å². The number of rotatable bonds is 7. The minimum Gasteiger partial charge on any atom is -0.385 e. The molecule has 0 aliphatic heterocycles. The van der Waals surface area contributed by atoms with Gasteiger partial charge in [-0.1, -0.05) is 42.5 Å². The average molecular weight is 450 g/mol. The lowest BCUT2D eigenvalue weighted by Gasteiger charge is -2.15. The number of aliphatic hydroxyl groups is 1. The van der Waals surface area contributed by atoms with Crippen LogP contribution < -0.4 is 4.18 Å². The van der Waals surface area contributed by atoms with E-state index in [9.17, 15) is 27.1 Å². The topological polar surface area (TPSA) is 80.7 Å². The van der Waals surface area contributed by atoms with Crippen LogP contribution in [0.5, 0.6) is 5.75 Å². The lowest BCUT2D eigenvalue weighted by molar-refractivity contribution is -0.119. The summed E-state index contributed by atoms with van der Waals surface area (Å²) in [5, 5.41) is 9.09. The Hall–Kier alpha value is -2.75. The first-order chi connectivity index (χ1) is 14.3. The number of benzene rings is 3. The number of halogens is 2. The molecule has 0 aliphatic carbocycles. The number of thioether (sulfide) groups is 1. The van der Waals surface area contributed by atoms with Crippen LogP contribution in [0.2, 0.25) is 0 Å². The predicted octanol–water partition coefficient (Wildman–Crippen LogP) is 4.28. The van der Waals surface area contributed by atoms with E-state index >= 15 is 0 Å². The van der Waals surface area contributed by atoms with E-state index in [1.165, 1.54) is 54.6 Å². The zero-order valence-electron chi connectivity index (χ0n) is 15.3. The van der Waals surface area contributed by atoms with Gasteiger partial charge in [-0.05, 0) is 53.7 Å². The molecular weight excluding hydrogens is 434 g/mol. The van der Waals surface area contributed by atoms with Crippen molar-refractivity contribution in [3.05, 3.63) is 90.2 Å². The fourth-order valence-corrected chi connectivity index (χ4v) is 4.19. The Morgan fingerprint density at radius 3 is 2.17 bits per heavy atom. The smallest absolute Gasteiger partial charge is 0.339 e. The van der Waals surface area contributed by atoms with Gasteiger partial charge in [-0.2, -0.15) is 8.42 Å². The van der Waals surface area contributed by atoms with Gasteiger partial charge in [0, 0.05) is 0 Å². The van der Waals surface area contributed by atoms with Gasteiger partial charge in [0.25, 0.3) is 0 Å². The maximum absolute atomic E-state index is 14.4. The monoisotopic (exact) mass is 450 g/mol. The van der Waals surface area contributed by atoms with Crippen molar-refractivity contribution in [2.45, 2.75) is 22.1 Å². The number of alkyl halides is 1. The molecule has 156 valence electrons. The Morgan fingerprint density at radius 2 is 1.53 bits per heavy atom. The number of hydrogen-bond acceptors (Lipinski definition) is 6. The van der Waals surface area contributed by atoms with E-state index in [1.807, 2.05) is 0 Å². The molecule has 3 rings (SSSR count). The van der Waals surface area contributed by atoms with Crippen LogP contribution >= 0.6 is 11.8 Å². The predicted molar refractivity (Wildman–Crippen MR) is 108 cm³/mol. The third kappa shape index (κ3) is 5.24. The molecule has 5 nitrogen and oxygen atoms in total. The van der Waals surface area contributed by atoms with Gasteiger partial charge in [0.05, 0.1) is 4.90 Å². The zero-order valence-corrected chi connectivity index (χ0v) is 16.9. The first-order valence-corrected chi connectivity index (χ1v) is 10.9. The zero-order chi connectivity index (χ0) is 21.7. The highest BCUT2D eigenvalue weighted by Crippen LogP contribution is 2.30. The Kier molecular flexibility index (Phi) is 6.86. The molecule has 1 N–H and O–H groups in total. The first kappa shape index (κ1) is 21.9. The molecule has 0 unspecified atom stereocenters. The number of hydrogen-bond donors (Lipinski definition) is 1. The molecule has 0 bridgehead atoms. The molecule has 3 aromatic rings. The van der Waals surface area contributed by atoms with E-state index in [0.29, 0.717) is 11.8 Å². The molecule has 0 spiro atoms. The van der Waals surface area contributed by atoms with Gasteiger partial charge in [-0.15, -0.1) is 0 Å². The van der Waals surface area contributed by atoms with Gasteiger partial charge in [0.15, 0.2) is 6.17 Å². The molecule has 2 atom stereocenters. The summed E-state index contributed by atoms with van der Waals surface area (Å²) in [5.41, 5.74) is 0.0365. The summed E-state index contributed by atoms with van der Waals surface area (Å²) in [4.78, 5) is 12.0. The van der Waals surface area contributed by atoms with E-state index in [-0.39, 0.29) is 21.1 Å². The second-order valence-electron chi connectivity index (χ2n) is 6.12. The second kappa shape index (κ2) is 9.38. The highest BCUT2D eigenvalue weighted by Gasteiger charge is 2.29. The number of carbonyl (C=O) groups excluding carboxylic acids is 1. The molecule has 0 heterocycles. The van der Waals surface area contributed by atoms with E-state index in [1.54, 1.807) is 18.2 Å². The largest absolute Gasteiger partial charge is 0.385 e. The molecule has 0 aliphatic rings. The second-order valence-corrected chi connectivity index (χ2v) is 8.71. The number of carbonyl (C=O) groups is 1. The van der Waals surface area contributed by atoms with Crippen molar-refractivity contribution in [1.29, 1.82) is 0 Å². The molecule has 0 fully saturated rings. The van der Waals surface area contributed by atoms with Crippen LogP contribution in [0.3, 0.4) is 0 Å². The van der Waals surface area contributed by atoms with Gasteiger partial charge in [0.1, 0.15) is 22.6 Å². The van der Waals surface area contributed by atoms with Gasteiger partial charge in [-0.25, -0.2) is 8.78 Å². The van der Waals surface area contributed by atoms with E-state index in [4.69, 9.17) is 4.18 Å². The van der Waals surface area contributed by atoms with Gasteiger partial charge < -0.3 is 9.29 Å². The van der Waals surface area contributed by atoms with Crippen LogP contribution in [-0.2, 0) is 14.9 Å². The van der Waals surface area contributed by atoms with E-state index < -0.39 is 33.3 Å². The minimum atomic E-state index is -4.04. The summed E-state index contributed by atoms with van der Waals surface area (Å²) in [6.07, 6.45) is -4.12. The molecule has 0 aromatic heterocycles. The summed E-state index contributed by atoms with van der Waals surface area (Å²) in [6, 6.07) is 17.9. The fraction of sp³-hybridized carbons (Fsp3) is 0.0952. The summed E-state index contributed by atoms with van der Waals surface area (Å²) in [7, 11) is -4.04. The van der Waals surface area contributed by atoms with Crippen molar-refractivity contribution in [3.8, 4) is 5.75 Å². The first-order valence-electron chi connectivity index (χ1n) is 8.66. The van der Waals surface area contributed by atoms with E-state index in [2.05, 4.69) is 0 Å². The Balaban J connectivity index is 1.68. The lowest BCUT2D eigenvalue weighted by atomic mass is 10.1. The van der Waals surface area contributed by atoms with Crippen LogP contribution in [0.15, 0.2) is 88.7 Å². The minimum absolute atomic E-state index is 0.0336. The van der Waals surface area contributed by atoms with Crippen molar-refractivity contribution in [1.82, 2.24) is 0 Å². The highest BCUT2D eigenvalue weighted by atomic mass is 32.2.